The first-order valence-electron chi connectivity index (χ1n) is 6.69. The van der Waals surface area contributed by atoms with E-state index in [-0.39, 0.29) is 12.4 Å². The van der Waals surface area contributed by atoms with E-state index >= 15 is 0 Å². The SMILES string of the molecule is C#CCNCc1ccc(OCc2cccc(C)c2)cc1.Cl. The lowest BCUT2D eigenvalue weighted by Crippen LogP contribution is -2.12. The van der Waals surface area contributed by atoms with E-state index in [1.807, 2.05) is 18.2 Å². The molecule has 0 unspecified atom stereocenters. The quantitative estimate of drug-likeness (QED) is 0.648. The van der Waals surface area contributed by atoms with E-state index < -0.39 is 0 Å². The van der Waals surface area contributed by atoms with Crippen LogP contribution in [0.4, 0.5) is 0 Å². The average Bonchev–Trinajstić information content (AvgIpc) is 2.47. The molecule has 1 N–H and O–H groups in total. The summed E-state index contributed by atoms with van der Waals surface area (Å²) in [5.74, 6) is 3.44. The highest BCUT2D eigenvalue weighted by Gasteiger charge is 1.97. The highest BCUT2D eigenvalue weighted by Crippen LogP contribution is 2.14. The van der Waals surface area contributed by atoms with Gasteiger partial charge in [-0.1, -0.05) is 47.9 Å². The molecule has 0 aromatic heterocycles. The molecule has 0 spiro atoms. The number of aryl methyl sites for hydroxylation is 1. The van der Waals surface area contributed by atoms with Crippen LogP contribution < -0.4 is 10.1 Å². The zero-order valence-corrected chi connectivity index (χ0v) is 13.0. The molecule has 0 saturated heterocycles. The van der Waals surface area contributed by atoms with Crippen molar-refractivity contribution in [3.8, 4) is 18.1 Å². The fourth-order valence-corrected chi connectivity index (χ4v) is 1.95. The largest absolute Gasteiger partial charge is 0.489 e. The van der Waals surface area contributed by atoms with Crippen molar-refractivity contribution in [2.45, 2.75) is 20.1 Å². The molecule has 2 rings (SSSR count). The second-order valence-electron chi connectivity index (χ2n) is 4.73. The Morgan fingerprint density at radius 2 is 1.86 bits per heavy atom. The Balaban J connectivity index is 0.00000220. The van der Waals surface area contributed by atoms with Gasteiger partial charge in [-0.3, -0.25) is 0 Å². The maximum Gasteiger partial charge on any atom is 0.119 e. The van der Waals surface area contributed by atoms with Crippen LogP contribution in [0, 0.1) is 19.3 Å². The van der Waals surface area contributed by atoms with Crippen LogP contribution in [-0.2, 0) is 13.2 Å². The molecule has 0 aliphatic heterocycles. The first-order chi connectivity index (χ1) is 9.78. The predicted molar refractivity (Wildman–Crippen MR) is 89.7 cm³/mol. The van der Waals surface area contributed by atoms with Gasteiger partial charge in [0, 0.05) is 6.54 Å². The molecule has 110 valence electrons. The smallest absolute Gasteiger partial charge is 0.119 e. The number of benzene rings is 2. The lowest BCUT2D eigenvalue weighted by molar-refractivity contribution is 0.306. The van der Waals surface area contributed by atoms with Gasteiger partial charge in [0.1, 0.15) is 12.4 Å². The van der Waals surface area contributed by atoms with Crippen LogP contribution in [0.2, 0.25) is 0 Å². The summed E-state index contributed by atoms with van der Waals surface area (Å²) in [6, 6.07) is 16.4. The molecule has 2 aromatic rings. The number of hydrogen-bond acceptors (Lipinski definition) is 2. The van der Waals surface area contributed by atoms with E-state index in [1.54, 1.807) is 0 Å². The zero-order chi connectivity index (χ0) is 14.2. The molecule has 0 amide bonds. The molecule has 0 bridgehead atoms. The van der Waals surface area contributed by atoms with Gasteiger partial charge in [-0.05, 0) is 30.2 Å². The number of rotatable bonds is 6. The van der Waals surface area contributed by atoms with Crippen molar-refractivity contribution >= 4 is 12.4 Å². The van der Waals surface area contributed by atoms with E-state index in [1.165, 1.54) is 16.7 Å². The third-order valence-electron chi connectivity index (χ3n) is 2.97. The molecular formula is C18H20ClNO. The van der Waals surface area contributed by atoms with Gasteiger partial charge in [-0.25, -0.2) is 0 Å². The van der Waals surface area contributed by atoms with Crippen LogP contribution in [0.5, 0.6) is 5.75 Å². The Kier molecular flexibility index (Phi) is 7.39. The Bertz CT molecular complexity index is 587. The molecular weight excluding hydrogens is 282 g/mol. The monoisotopic (exact) mass is 301 g/mol. The van der Waals surface area contributed by atoms with Gasteiger partial charge < -0.3 is 10.1 Å². The fraction of sp³-hybridized carbons (Fsp3) is 0.222. The molecule has 0 atom stereocenters. The Labute approximate surface area is 132 Å². The fourth-order valence-electron chi connectivity index (χ4n) is 1.95. The summed E-state index contributed by atoms with van der Waals surface area (Å²) in [5, 5.41) is 3.16. The summed E-state index contributed by atoms with van der Waals surface area (Å²) in [6.45, 7) is 4.05. The van der Waals surface area contributed by atoms with Crippen molar-refractivity contribution in [3.63, 3.8) is 0 Å². The van der Waals surface area contributed by atoms with Crippen molar-refractivity contribution in [2.75, 3.05) is 6.54 Å². The van der Waals surface area contributed by atoms with Gasteiger partial charge >= 0.3 is 0 Å². The zero-order valence-electron chi connectivity index (χ0n) is 12.1. The molecule has 3 heteroatoms. The Hall–Kier alpha value is -1.95. The van der Waals surface area contributed by atoms with Crippen LogP contribution >= 0.6 is 12.4 Å². The minimum Gasteiger partial charge on any atom is -0.489 e. The molecule has 0 heterocycles. The van der Waals surface area contributed by atoms with Crippen LogP contribution in [0.25, 0.3) is 0 Å². The molecule has 0 radical (unpaired) electrons. The summed E-state index contributed by atoms with van der Waals surface area (Å²) in [5.41, 5.74) is 3.63. The number of nitrogens with one attached hydrogen (secondary N) is 1. The highest BCUT2D eigenvalue weighted by molar-refractivity contribution is 5.85. The van der Waals surface area contributed by atoms with Crippen molar-refractivity contribution in [1.29, 1.82) is 0 Å². The number of terminal acetylenes is 1. The van der Waals surface area contributed by atoms with Gasteiger partial charge in [0.2, 0.25) is 0 Å². The van der Waals surface area contributed by atoms with Crippen molar-refractivity contribution in [1.82, 2.24) is 5.32 Å². The minimum atomic E-state index is 0. The average molecular weight is 302 g/mol. The van der Waals surface area contributed by atoms with Crippen molar-refractivity contribution in [3.05, 3.63) is 65.2 Å². The summed E-state index contributed by atoms with van der Waals surface area (Å²) in [6.07, 6.45) is 5.19. The van der Waals surface area contributed by atoms with Gasteiger partial charge in [-0.15, -0.1) is 18.8 Å². The van der Waals surface area contributed by atoms with E-state index in [4.69, 9.17) is 11.2 Å². The molecule has 2 aromatic carbocycles. The van der Waals surface area contributed by atoms with E-state index in [2.05, 4.69) is 48.5 Å². The highest BCUT2D eigenvalue weighted by atomic mass is 35.5. The van der Waals surface area contributed by atoms with Crippen molar-refractivity contribution in [2.24, 2.45) is 0 Å². The summed E-state index contributed by atoms with van der Waals surface area (Å²) in [7, 11) is 0. The molecule has 0 aliphatic carbocycles. The molecule has 2 nitrogen and oxygen atoms in total. The summed E-state index contributed by atoms with van der Waals surface area (Å²) < 4.78 is 5.77. The number of hydrogen-bond donors (Lipinski definition) is 1. The molecule has 0 saturated carbocycles. The summed E-state index contributed by atoms with van der Waals surface area (Å²) >= 11 is 0. The Morgan fingerprint density at radius 1 is 1.10 bits per heavy atom. The van der Waals surface area contributed by atoms with Crippen LogP contribution in [-0.4, -0.2) is 6.54 Å². The third kappa shape index (κ3) is 5.91. The predicted octanol–water partition coefficient (Wildman–Crippen LogP) is 3.72. The number of halogens is 1. The summed E-state index contributed by atoms with van der Waals surface area (Å²) in [4.78, 5) is 0. The van der Waals surface area contributed by atoms with E-state index in [0.717, 1.165) is 12.3 Å². The molecule has 0 fully saturated rings. The minimum absolute atomic E-state index is 0. The number of ether oxygens (including phenoxy) is 1. The lowest BCUT2D eigenvalue weighted by Gasteiger charge is -2.08. The second kappa shape index (κ2) is 9.07. The van der Waals surface area contributed by atoms with E-state index in [9.17, 15) is 0 Å². The third-order valence-corrected chi connectivity index (χ3v) is 2.97. The molecule has 0 aliphatic rings. The maximum atomic E-state index is 5.77. The van der Waals surface area contributed by atoms with Gasteiger partial charge in [0.25, 0.3) is 0 Å². The maximum absolute atomic E-state index is 5.77. The topological polar surface area (TPSA) is 21.3 Å². The second-order valence-corrected chi connectivity index (χ2v) is 4.73. The first-order valence-corrected chi connectivity index (χ1v) is 6.69. The Morgan fingerprint density at radius 3 is 2.52 bits per heavy atom. The van der Waals surface area contributed by atoms with Gasteiger partial charge in [0.05, 0.1) is 6.54 Å². The van der Waals surface area contributed by atoms with Crippen LogP contribution in [0.1, 0.15) is 16.7 Å². The van der Waals surface area contributed by atoms with Crippen LogP contribution in [0.3, 0.4) is 0 Å². The first kappa shape index (κ1) is 17.1. The van der Waals surface area contributed by atoms with Gasteiger partial charge in [-0.2, -0.15) is 0 Å². The van der Waals surface area contributed by atoms with Crippen molar-refractivity contribution < 1.29 is 4.74 Å². The van der Waals surface area contributed by atoms with Crippen LogP contribution in [0.15, 0.2) is 48.5 Å². The standard InChI is InChI=1S/C18H19NO.ClH/c1-3-11-19-13-16-7-9-18(10-8-16)20-14-17-6-4-5-15(2)12-17;/h1,4-10,12,19H,11,13-14H2,2H3;1H. The van der Waals surface area contributed by atoms with Gasteiger partial charge in [0.15, 0.2) is 0 Å². The molecule has 21 heavy (non-hydrogen) atoms. The van der Waals surface area contributed by atoms with E-state index in [0.29, 0.717) is 13.2 Å². The lowest BCUT2D eigenvalue weighted by atomic mass is 10.1. The normalized spacial score (nSPS) is 9.52.